The van der Waals surface area contributed by atoms with Gasteiger partial charge in [-0.25, -0.2) is 4.68 Å². The molecule has 10 heteroatoms. The second kappa shape index (κ2) is 5.38. The summed E-state index contributed by atoms with van der Waals surface area (Å²) >= 11 is 4.83. The maximum absolute atomic E-state index is 11.1. The third-order valence-electron chi connectivity index (χ3n) is 1.86. The summed E-state index contributed by atoms with van der Waals surface area (Å²) in [6.07, 6.45) is 0. The van der Waals surface area contributed by atoms with E-state index in [0.717, 1.165) is 0 Å². The van der Waals surface area contributed by atoms with E-state index < -0.39 is 10.1 Å². The molecule has 0 spiro atoms. The molecule has 0 aliphatic rings. The van der Waals surface area contributed by atoms with Crippen molar-refractivity contribution in [1.29, 1.82) is 0 Å². The van der Waals surface area contributed by atoms with Crippen LogP contribution in [0.5, 0.6) is 0 Å². The van der Waals surface area contributed by atoms with Gasteiger partial charge in [-0.2, -0.15) is 13.6 Å². The number of para-hydroxylation sites is 1. The van der Waals surface area contributed by atoms with Gasteiger partial charge in [-0.05, 0) is 24.4 Å². The molecule has 0 unspecified atom stereocenters. The molecule has 0 atom stereocenters. The smallest absolute Gasteiger partial charge is 1.00 e. The maximum Gasteiger partial charge on any atom is 1.00 e. The van der Waals surface area contributed by atoms with Crippen molar-refractivity contribution in [2.24, 2.45) is 0 Å². The largest absolute Gasteiger partial charge is 1.00 e. The molecule has 7 nitrogen and oxygen atoms in total. The summed E-state index contributed by atoms with van der Waals surface area (Å²) in [4.78, 5) is -0.267. The maximum atomic E-state index is 11.1. The van der Waals surface area contributed by atoms with Gasteiger partial charge in [-0.3, -0.25) is 4.55 Å². The molecule has 0 bridgehead atoms. The first-order chi connectivity index (χ1) is 7.50. The molecular formula is C7H7N4NaO3S2. The third-order valence-corrected chi connectivity index (χ3v) is 3.02. The van der Waals surface area contributed by atoms with Crippen LogP contribution in [0.1, 0.15) is 1.43 Å². The minimum atomic E-state index is -4.32. The Morgan fingerprint density at radius 1 is 1.41 bits per heavy atom. The average Bonchev–Trinajstić information content (AvgIpc) is 2.63. The van der Waals surface area contributed by atoms with Crippen molar-refractivity contribution in [3.63, 3.8) is 0 Å². The van der Waals surface area contributed by atoms with Crippen LogP contribution in [0.25, 0.3) is 5.69 Å². The Labute approximate surface area is 125 Å². The van der Waals surface area contributed by atoms with E-state index in [4.69, 9.17) is 16.8 Å². The predicted octanol–water partition coefficient (Wildman–Crippen LogP) is -2.31. The second-order valence-corrected chi connectivity index (χ2v) is 4.62. The van der Waals surface area contributed by atoms with Gasteiger partial charge in [0.2, 0.25) is 4.77 Å². The molecule has 0 saturated heterocycles. The van der Waals surface area contributed by atoms with Crippen LogP contribution in [-0.2, 0) is 10.1 Å². The zero-order valence-corrected chi connectivity index (χ0v) is 12.4. The van der Waals surface area contributed by atoms with Gasteiger partial charge < -0.3 is 1.43 Å². The molecule has 0 radical (unpaired) electrons. The molecule has 2 aromatic rings. The van der Waals surface area contributed by atoms with E-state index >= 15 is 0 Å². The van der Waals surface area contributed by atoms with Crippen molar-refractivity contribution in [3.8, 4) is 5.69 Å². The van der Waals surface area contributed by atoms with Gasteiger partial charge in [0.15, 0.2) is 0 Å². The summed E-state index contributed by atoms with van der Waals surface area (Å²) in [5.41, 5.74) is 0.167. The molecule has 0 aliphatic carbocycles. The van der Waals surface area contributed by atoms with Crippen LogP contribution >= 0.6 is 12.2 Å². The van der Waals surface area contributed by atoms with E-state index in [-0.39, 0.29) is 46.3 Å². The molecule has 0 saturated carbocycles. The Bertz CT molecular complexity index is 684. The number of benzene rings is 1. The minimum Gasteiger partial charge on any atom is -1.00 e. The predicted molar refractivity (Wildman–Crippen MR) is 57.5 cm³/mol. The zero-order valence-electron chi connectivity index (χ0n) is 9.73. The molecule has 1 aromatic carbocycles. The van der Waals surface area contributed by atoms with Crippen molar-refractivity contribution in [2.45, 2.75) is 4.90 Å². The number of tetrazole rings is 1. The number of rotatable bonds is 2. The molecule has 0 fully saturated rings. The summed E-state index contributed by atoms with van der Waals surface area (Å²) in [7, 11) is -4.32. The minimum absolute atomic E-state index is 0. The molecule has 2 N–H and O–H groups in total. The number of aromatic nitrogens is 4. The van der Waals surface area contributed by atoms with E-state index in [9.17, 15) is 8.42 Å². The molecule has 1 heterocycles. The van der Waals surface area contributed by atoms with Crippen molar-refractivity contribution in [1.82, 2.24) is 20.2 Å². The molecule has 1 aromatic heterocycles. The van der Waals surface area contributed by atoms with Gasteiger partial charge in [-0.1, -0.05) is 22.4 Å². The van der Waals surface area contributed by atoms with Gasteiger partial charge in [0.05, 0.1) is 5.69 Å². The number of H-pyrrole nitrogens is 1. The Balaban J connectivity index is 0.00000144. The molecule has 0 amide bonds. The number of nitrogens with one attached hydrogen (secondary N) is 1. The van der Waals surface area contributed by atoms with E-state index in [1.54, 1.807) is 6.07 Å². The van der Waals surface area contributed by atoms with Crippen molar-refractivity contribution >= 4 is 22.3 Å². The Hall–Kier alpha value is -0.580. The molecule has 0 aliphatic heterocycles. The SMILES string of the molecule is O=S(=O)(O)c1ccccc1-n1[nH]nnc1=S.[H-].[Na+]. The molecule has 2 rings (SSSR count). The van der Waals surface area contributed by atoms with Crippen LogP contribution in [0, 0.1) is 4.77 Å². The molecule has 86 valence electrons. The van der Waals surface area contributed by atoms with Crippen molar-refractivity contribution in [2.75, 3.05) is 0 Å². The second-order valence-electron chi connectivity index (χ2n) is 2.86. The standard InChI is InChI=1S/C7H6N4O3S2.Na.H/c12-16(13,14)6-4-2-1-3-5(6)11-7(15)8-9-10-11;;/h1-4H,(H,8,10,15)(H,12,13,14);;/q;+1;-1. The topological polar surface area (TPSA) is 101 Å². The first-order valence-electron chi connectivity index (χ1n) is 4.07. The number of aromatic amines is 1. The fraction of sp³-hybridized carbons (Fsp3) is 0. The molecule has 17 heavy (non-hydrogen) atoms. The summed E-state index contributed by atoms with van der Waals surface area (Å²) in [6, 6.07) is 5.82. The average molecular weight is 282 g/mol. The first kappa shape index (κ1) is 14.5. The van der Waals surface area contributed by atoms with Gasteiger partial charge >= 0.3 is 29.6 Å². The van der Waals surface area contributed by atoms with Gasteiger partial charge in [-0.15, -0.1) is 0 Å². The molecular weight excluding hydrogens is 275 g/mol. The summed E-state index contributed by atoms with van der Waals surface area (Å²) < 4.78 is 32.5. The summed E-state index contributed by atoms with van der Waals surface area (Å²) in [5.74, 6) is 0. The van der Waals surface area contributed by atoms with Crippen molar-refractivity contribution in [3.05, 3.63) is 29.0 Å². The van der Waals surface area contributed by atoms with Crippen LogP contribution in [0.15, 0.2) is 29.2 Å². The summed E-state index contributed by atoms with van der Waals surface area (Å²) in [6.45, 7) is 0. The monoisotopic (exact) mass is 282 g/mol. The zero-order chi connectivity index (χ0) is 11.8. The Morgan fingerprint density at radius 3 is 2.59 bits per heavy atom. The van der Waals surface area contributed by atoms with E-state index in [0.29, 0.717) is 0 Å². The fourth-order valence-electron chi connectivity index (χ4n) is 1.21. The van der Waals surface area contributed by atoms with Crippen molar-refractivity contribution < 1.29 is 44.0 Å². The van der Waals surface area contributed by atoms with Crippen LogP contribution < -0.4 is 29.6 Å². The van der Waals surface area contributed by atoms with E-state index in [1.807, 2.05) is 0 Å². The summed E-state index contributed by atoms with van der Waals surface area (Å²) in [5, 5.41) is 9.35. The van der Waals surface area contributed by atoms with Crippen LogP contribution in [0.3, 0.4) is 0 Å². The van der Waals surface area contributed by atoms with Gasteiger partial charge in [0, 0.05) is 0 Å². The van der Waals surface area contributed by atoms with Gasteiger partial charge in [0.1, 0.15) is 4.90 Å². The van der Waals surface area contributed by atoms with Crippen LogP contribution in [0.2, 0.25) is 0 Å². The fourth-order valence-corrected chi connectivity index (χ4v) is 2.07. The Morgan fingerprint density at radius 2 is 2.06 bits per heavy atom. The normalized spacial score (nSPS) is 10.9. The number of hydrogen-bond donors (Lipinski definition) is 2. The van der Waals surface area contributed by atoms with Gasteiger partial charge in [0.25, 0.3) is 10.1 Å². The first-order valence-corrected chi connectivity index (χ1v) is 5.92. The van der Waals surface area contributed by atoms with E-state index in [1.165, 1.54) is 22.9 Å². The van der Waals surface area contributed by atoms with Crippen LogP contribution in [-0.4, -0.2) is 33.2 Å². The third kappa shape index (κ3) is 3.00. The van der Waals surface area contributed by atoms with E-state index in [2.05, 4.69) is 15.5 Å². The number of hydrogen-bond acceptors (Lipinski definition) is 5. The van der Waals surface area contributed by atoms with Crippen LogP contribution in [0.4, 0.5) is 0 Å². The number of nitrogens with zero attached hydrogens (tertiary/aromatic N) is 3. The quantitative estimate of drug-likeness (QED) is 0.364. The Kier molecular flexibility index (Phi) is 4.58.